The molecule has 0 aliphatic rings. The van der Waals surface area contributed by atoms with E-state index < -0.39 is 0 Å². The van der Waals surface area contributed by atoms with Crippen molar-refractivity contribution in [1.29, 1.82) is 0 Å². The van der Waals surface area contributed by atoms with Crippen molar-refractivity contribution in [3.63, 3.8) is 0 Å². The van der Waals surface area contributed by atoms with Gasteiger partial charge in [0.15, 0.2) is 0 Å². The van der Waals surface area contributed by atoms with E-state index in [0.29, 0.717) is 0 Å². The maximum absolute atomic E-state index is 6.05. The number of rotatable bonds is 7. The first-order valence-corrected chi connectivity index (χ1v) is 8.15. The number of ether oxygens (including phenoxy) is 1. The Morgan fingerprint density at radius 1 is 1.00 bits per heavy atom. The Hall–Kier alpha value is -1.80. The molecule has 0 aliphatic carbocycles. The van der Waals surface area contributed by atoms with E-state index in [1.165, 1.54) is 16.7 Å². The number of para-hydroxylation sites is 1. The molecule has 22 heavy (non-hydrogen) atoms. The molecule has 118 valence electrons. The van der Waals surface area contributed by atoms with Crippen LogP contribution in [-0.2, 0) is 6.54 Å². The van der Waals surface area contributed by atoms with Crippen LogP contribution in [0.25, 0.3) is 0 Å². The molecule has 0 saturated heterocycles. The maximum Gasteiger partial charge on any atom is 0.124 e. The van der Waals surface area contributed by atoms with Gasteiger partial charge in [0.05, 0.1) is 6.10 Å². The standard InChI is InChI=1S/C20H27NO/c1-5-16(3)22-20-13-9-8-12-19(20)17(4)21-14-18-11-7-6-10-15(18)2/h6-13,16-17,21H,5,14H2,1-4H3. The van der Waals surface area contributed by atoms with Crippen LogP contribution in [0, 0.1) is 6.92 Å². The summed E-state index contributed by atoms with van der Waals surface area (Å²) in [7, 11) is 0. The first kappa shape index (κ1) is 16.6. The predicted octanol–water partition coefficient (Wildman–Crippen LogP) is 5.02. The fraction of sp³-hybridized carbons (Fsp3) is 0.400. The molecule has 2 heteroatoms. The Morgan fingerprint density at radius 2 is 1.68 bits per heavy atom. The second-order valence-corrected chi connectivity index (χ2v) is 5.90. The van der Waals surface area contributed by atoms with Crippen LogP contribution in [0.15, 0.2) is 48.5 Å². The third kappa shape index (κ3) is 4.35. The van der Waals surface area contributed by atoms with E-state index in [9.17, 15) is 0 Å². The van der Waals surface area contributed by atoms with Crippen LogP contribution in [0.5, 0.6) is 5.75 Å². The summed E-state index contributed by atoms with van der Waals surface area (Å²) in [4.78, 5) is 0. The maximum atomic E-state index is 6.05. The van der Waals surface area contributed by atoms with E-state index in [1.54, 1.807) is 0 Å². The van der Waals surface area contributed by atoms with Gasteiger partial charge in [-0.3, -0.25) is 0 Å². The highest BCUT2D eigenvalue weighted by Gasteiger charge is 2.13. The predicted molar refractivity (Wildman–Crippen MR) is 93.3 cm³/mol. The molecular weight excluding hydrogens is 270 g/mol. The lowest BCUT2D eigenvalue weighted by Gasteiger charge is -2.21. The van der Waals surface area contributed by atoms with E-state index in [2.05, 4.69) is 75.5 Å². The molecule has 1 N–H and O–H groups in total. The third-order valence-corrected chi connectivity index (χ3v) is 4.15. The van der Waals surface area contributed by atoms with Gasteiger partial charge in [-0.05, 0) is 44.4 Å². The van der Waals surface area contributed by atoms with Gasteiger partial charge < -0.3 is 10.1 Å². The van der Waals surface area contributed by atoms with Crippen molar-refractivity contribution in [2.24, 2.45) is 0 Å². The third-order valence-electron chi connectivity index (χ3n) is 4.15. The average molecular weight is 297 g/mol. The van der Waals surface area contributed by atoms with Crippen LogP contribution in [0.1, 0.15) is 49.9 Å². The molecule has 0 aromatic heterocycles. The van der Waals surface area contributed by atoms with Crippen LogP contribution >= 0.6 is 0 Å². The summed E-state index contributed by atoms with van der Waals surface area (Å²) in [5.41, 5.74) is 3.89. The highest BCUT2D eigenvalue weighted by atomic mass is 16.5. The fourth-order valence-corrected chi connectivity index (χ4v) is 2.43. The molecule has 2 atom stereocenters. The van der Waals surface area contributed by atoms with Gasteiger partial charge in [-0.25, -0.2) is 0 Å². The van der Waals surface area contributed by atoms with Gasteiger partial charge in [0.25, 0.3) is 0 Å². The number of benzene rings is 2. The first-order valence-electron chi connectivity index (χ1n) is 8.15. The van der Waals surface area contributed by atoms with Crippen LogP contribution < -0.4 is 10.1 Å². The highest BCUT2D eigenvalue weighted by molar-refractivity contribution is 5.36. The summed E-state index contributed by atoms with van der Waals surface area (Å²) >= 11 is 0. The second-order valence-electron chi connectivity index (χ2n) is 5.90. The van der Waals surface area contributed by atoms with Gasteiger partial charge in [-0.1, -0.05) is 49.4 Å². The molecule has 0 saturated carbocycles. The summed E-state index contributed by atoms with van der Waals surface area (Å²) in [6.07, 6.45) is 1.25. The van der Waals surface area contributed by atoms with Gasteiger partial charge in [0.2, 0.25) is 0 Å². The minimum atomic E-state index is 0.240. The van der Waals surface area contributed by atoms with Crippen molar-refractivity contribution < 1.29 is 4.74 Å². The van der Waals surface area contributed by atoms with E-state index in [4.69, 9.17) is 4.74 Å². The van der Waals surface area contributed by atoms with E-state index >= 15 is 0 Å². The minimum Gasteiger partial charge on any atom is -0.490 e. The van der Waals surface area contributed by atoms with Gasteiger partial charge in [-0.2, -0.15) is 0 Å². The SMILES string of the molecule is CCC(C)Oc1ccccc1C(C)NCc1ccccc1C. The van der Waals surface area contributed by atoms with Crippen molar-refractivity contribution in [2.45, 2.75) is 52.8 Å². The molecular formula is C20H27NO. The Kier molecular flexibility index (Phi) is 6.02. The highest BCUT2D eigenvalue weighted by Crippen LogP contribution is 2.26. The van der Waals surface area contributed by atoms with E-state index in [0.717, 1.165) is 18.7 Å². The molecule has 0 radical (unpaired) electrons. The number of hydrogen-bond donors (Lipinski definition) is 1. The molecule has 0 aliphatic heterocycles. The molecule has 2 unspecified atom stereocenters. The van der Waals surface area contributed by atoms with Crippen LogP contribution in [0.3, 0.4) is 0 Å². The van der Waals surface area contributed by atoms with Gasteiger partial charge in [0.1, 0.15) is 5.75 Å². The van der Waals surface area contributed by atoms with Crippen molar-refractivity contribution in [2.75, 3.05) is 0 Å². The summed E-state index contributed by atoms with van der Waals surface area (Å²) in [5, 5.41) is 3.61. The van der Waals surface area contributed by atoms with Crippen LogP contribution in [-0.4, -0.2) is 6.10 Å². The lowest BCUT2D eigenvalue weighted by Crippen LogP contribution is -2.20. The smallest absolute Gasteiger partial charge is 0.124 e. The number of hydrogen-bond acceptors (Lipinski definition) is 2. The molecule has 2 aromatic rings. The molecule has 0 spiro atoms. The molecule has 0 amide bonds. The fourth-order valence-electron chi connectivity index (χ4n) is 2.43. The van der Waals surface area contributed by atoms with Crippen LogP contribution in [0.4, 0.5) is 0 Å². The molecule has 2 aromatic carbocycles. The second kappa shape index (κ2) is 8.00. The van der Waals surface area contributed by atoms with Crippen molar-refractivity contribution in [3.8, 4) is 5.75 Å². The zero-order valence-corrected chi connectivity index (χ0v) is 14.1. The lowest BCUT2D eigenvalue weighted by molar-refractivity contribution is 0.213. The zero-order valence-electron chi connectivity index (χ0n) is 14.1. The van der Waals surface area contributed by atoms with Crippen molar-refractivity contribution >= 4 is 0 Å². The Labute approximate surface area is 134 Å². The van der Waals surface area contributed by atoms with Gasteiger partial charge in [-0.15, -0.1) is 0 Å². The van der Waals surface area contributed by atoms with Crippen LogP contribution in [0.2, 0.25) is 0 Å². The van der Waals surface area contributed by atoms with E-state index in [1.807, 2.05) is 6.07 Å². The summed E-state index contributed by atoms with van der Waals surface area (Å²) in [6, 6.07) is 17.1. The van der Waals surface area contributed by atoms with Crippen molar-refractivity contribution in [3.05, 3.63) is 65.2 Å². The average Bonchev–Trinajstić information content (AvgIpc) is 2.54. The Morgan fingerprint density at radius 3 is 2.41 bits per heavy atom. The zero-order chi connectivity index (χ0) is 15.9. The summed E-state index contributed by atoms with van der Waals surface area (Å²) < 4.78 is 6.05. The summed E-state index contributed by atoms with van der Waals surface area (Å²) in [5.74, 6) is 0.988. The largest absolute Gasteiger partial charge is 0.490 e. The summed E-state index contributed by atoms with van der Waals surface area (Å²) in [6.45, 7) is 9.47. The van der Waals surface area contributed by atoms with Crippen molar-refractivity contribution in [1.82, 2.24) is 5.32 Å². The molecule has 2 nitrogen and oxygen atoms in total. The number of nitrogens with one attached hydrogen (secondary N) is 1. The topological polar surface area (TPSA) is 21.3 Å². The normalized spacial score (nSPS) is 13.6. The van der Waals surface area contributed by atoms with Gasteiger partial charge in [0, 0.05) is 18.2 Å². The molecule has 0 heterocycles. The molecule has 2 rings (SSSR count). The Bertz CT molecular complexity index is 594. The first-order chi connectivity index (χ1) is 10.6. The quantitative estimate of drug-likeness (QED) is 0.774. The minimum absolute atomic E-state index is 0.240. The Balaban J connectivity index is 2.06. The van der Waals surface area contributed by atoms with Gasteiger partial charge >= 0.3 is 0 Å². The molecule has 0 fully saturated rings. The lowest BCUT2D eigenvalue weighted by atomic mass is 10.1. The monoisotopic (exact) mass is 297 g/mol. The molecule has 0 bridgehead atoms. The number of aryl methyl sites for hydroxylation is 1. The van der Waals surface area contributed by atoms with E-state index in [-0.39, 0.29) is 12.1 Å².